The number of aryl methyl sites for hydroxylation is 1. The number of nitrogens with zero attached hydrogens (tertiary/aromatic N) is 1. The van der Waals surface area contributed by atoms with Gasteiger partial charge < -0.3 is 10.2 Å². The Morgan fingerprint density at radius 2 is 1.95 bits per heavy atom. The summed E-state index contributed by atoms with van der Waals surface area (Å²) in [6.07, 6.45) is 1.13. The Labute approximate surface area is 127 Å². The van der Waals surface area contributed by atoms with Crippen molar-refractivity contribution in [3.63, 3.8) is 0 Å². The van der Waals surface area contributed by atoms with E-state index >= 15 is 0 Å². The van der Waals surface area contributed by atoms with Crippen molar-refractivity contribution < 1.29 is 0 Å². The van der Waals surface area contributed by atoms with Gasteiger partial charge in [0.1, 0.15) is 0 Å². The number of fused-ring (bicyclic) bond motifs is 1. The number of hydrogen-bond donors (Lipinski definition) is 1. The molecule has 0 amide bonds. The van der Waals surface area contributed by atoms with Crippen molar-refractivity contribution in [3.05, 3.63) is 59.2 Å². The fraction of sp³-hybridized carbons (Fsp3) is 0.368. The van der Waals surface area contributed by atoms with E-state index in [1.54, 1.807) is 0 Å². The molecule has 1 unspecified atom stereocenters. The summed E-state index contributed by atoms with van der Waals surface area (Å²) in [6, 6.07) is 16.1. The highest BCUT2D eigenvalue weighted by Crippen LogP contribution is 2.39. The van der Waals surface area contributed by atoms with Gasteiger partial charge in [-0.2, -0.15) is 0 Å². The average Bonchev–Trinajstić information content (AvgIpc) is 2.81. The quantitative estimate of drug-likeness (QED) is 0.903. The van der Waals surface area contributed by atoms with Gasteiger partial charge in [-0.3, -0.25) is 0 Å². The van der Waals surface area contributed by atoms with E-state index in [2.05, 4.69) is 73.5 Å². The minimum atomic E-state index is 0.519. The van der Waals surface area contributed by atoms with Gasteiger partial charge in [-0.15, -0.1) is 0 Å². The monoisotopic (exact) mass is 280 g/mol. The fourth-order valence-corrected chi connectivity index (χ4v) is 3.28. The average molecular weight is 280 g/mol. The number of anilines is 2. The summed E-state index contributed by atoms with van der Waals surface area (Å²) in [5.41, 5.74) is 6.89. The van der Waals surface area contributed by atoms with Crippen LogP contribution >= 0.6 is 0 Å². The molecule has 2 aromatic rings. The van der Waals surface area contributed by atoms with Gasteiger partial charge in [0.2, 0.25) is 0 Å². The smallest absolute Gasteiger partial charge is 0.0459 e. The van der Waals surface area contributed by atoms with Crippen molar-refractivity contribution in [1.82, 2.24) is 5.32 Å². The van der Waals surface area contributed by atoms with Crippen LogP contribution in [0.2, 0.25) is 0 Å². The van der Waals surface area contributed by atoms with Crippen LogP contribution in [0.15, 0.2) is 42.5 Å². The minimum Gasteiger partial charge on any atom is -0.338 e. The number of nitrogens with one attached hydrogen (secondary N) is 1. The Hall–Kier alpha value is -1.80. The van der Waals surface area contributed by atoms with E-state index < -0.39 is 0 Å². The van der Waals surface area contributed by atoms with Gasteiger partial charge in [-0.25, -0.2) is 0 Å². The highest BCUT2D eigenvalue weighted by atomic mass is 15.2. The van der Waals surface area contributed by atoms with Crippen LogP contribution in [-0.2, 0) is 13.0 Å². The Morgan fingerprint density at radius 1 is 1.14 bits per heavy atom. The van der Waals surface area contributed by atoms with E-state index in [1.807, 2.05) is 0 Å². The van der Waals surface area contributed by atoms with Gasteiger partial charge in [-0.05, 0) is 50.1 Å². The summed E-state index contributed by atoms with van der Waals surface area (Å²) in [5.74, 6) is 0. The predicted molar refractivity (Wildman–Crippen MR) is 90.3 cm³/mol. The topological polar surface area (TPSA) is 15.3 Å². The van der Waals surface area contributed by atoms with Crippen LogP contribution in [0.25, 0.3) is 0 Å². The van der Waals surface area contributed by atoms with Gasteiger partial charge in [0.25, 0.3) is 0 Å². The zero-order valence-corrected chi connectivity index (χ0v) is 13.2. The Balaban J connectivity index is 2.04. The normalized spacial score (nSPS) is 17.1. The van der Waals surface area contributed by atoms with Crippen LogP contribution in [-0.4, -0.2) is 12.6 Å². The lowest BCUT2D eigenvalue weighted by atomic mass is 10.1. The van der Waals surface area contributed by atoms with Crippen molar-refractivity contribution in [2.45, 2.75) is 39.8 Å². The SMILES string of the molecule is CCNCc1cc(C)ccc1N1c2ccccc2CC1C. The molecule has 0 aliphatic carbocycles. The third-order valence-corrected chi connectivity index (χ3v) is 4.27. The molecule has 2 heteroatoms. The lowest BCUT2D eigenvalue weighted by molar-refractivity contribution is 0.713. The van der Waals surface area contributed by atoms with Crippen molar-refractivity contribution in [2.75, 3.05) is 11.4 Å². The molecule has 1 aliphatic heterocycles. The largest absolute Gasteiger partial charge is 0.338 e. The zero-order chi connectivity index (χ0) is 14.8. The fourth-order valence-electron chi connectivity index (χ4n) is 3.28. The predicted octanol–water partition coefficient (Wildman–Crippen LogP) is 4.19. The highest BCUT2D eigenvalue weighted by molar-refractivity contribution is 5.73. The zero-order valence-electron chi connectivity index (χ0n) is 13.2. The lowest BCUT2D eigenvalue weighted by Crippen LogP contribution is -2.26. The minimum absolute atomic E-state index is 0.519. The third kappa shape index (κ3) is 2.68. The summed E-state index contributed by atoms with van der Waals surface area (Å²) >= 11 is 0. The molecule has 0 aromatic heterocycles. The molecule has 1 atom stereocenters. The van der Waals surface area contributed by atoms with Gasteiger partial charge in [0, 0.05) is 24.0 Å². The van der Waals surface area contributed by atoms with Crippen molar-refractivity contribution in [1.29, 1.82) is 0 Å². The van der Waals surface area contributed by atoms with Crippen LogP contribution in [0.3, 0.4) is 0 Å². The van der Waals surface area contributed by atoms with Crippen molar-refractivity contribution >= 4 is 11.4 Å². The van der Waals surface area contributed by atoms with Crippen LogP contribution in [0.5, 0.6) is 0 Å². The van der Waals surface area contributed by atoms with Gasteiger partial charge in [0.05, 0.1) is 0 Å². The number of para-hydroxylation sites is 1. The van der Waals surface area contributed by atoms with Crippen LogP contribution in [0, 0.1) is 6.92 Å². The molecule has 0 saturated carbocycles. The molecule has 3 rings (SSSR count). The van der Waals surface area contributed by atoms with Crippen molar-refractivity contribution in [3.8, 4) is 0 Å². The molecule has 0 radical (unpaired) electrons. The first kappa shape index (κ1) is 14.2. The van der Waals surface area contributed by atoms with Gasteiger partial charge in [0.15, 0.2) is 0 Å². The first-order chi connectivity index (χ1) is 10.2. The molecule has 1 N–H and O–H groups in total. The first-order valence-electron chi connectivity index (χ1n) is 7.88. The second-order valence-electron chi connectivity index (χ2n) is 5.96. The lowest BCUT2D eigenvalue weighted by Gasteiger charge is -2.28. The first-order valence-corrected chi connectivity index (χ1v) is 7.88. The molecule has 2 aromatic carbocycles. The highest BCUT2D eigenvalue weighted by Gasteiger charge is 2.27. The van der Waals surface area contributed by atoms with Crippen LogP contribution < -0.4 is 10.2 Å². The molecule has 110 valence electrons. The van der Waals surface area contributed by atoms with E-state index in [4.69, 9.17) is 0 Å². The number of benzene rings is 2. The van der Waals surface area contributed by atoms with E-state index in [0.717, 1.165) is 19.5 Å². The second kappa shape index (κ2) is 5.90. The third-order valence-electron chi connectivity index (χ3n) is 4.27. The van der Waals surface area contributed by atoms with E-state index in [0.29, 0.717) is 6.04 Å². The summed E-state index contributed by atoms with van der Waals surface area (Å²) in [5, 5.41) is 3.47. The maximum Gasteiger partial charge on any atom is 0.0459 e. The Bertz CT molecular complexity index is 633. The summed E-state index contributed by atoms with van der Waals surface area (Å²) in [7, 11) is 0. The summed E-state index contributed by atoms with van der Waals surface area (Å²) < 4.78 is 0. The van der Waals surface area contributed by atoms with E-state index in [-0.39, 0.29) is 0 Å². The van der Waals surface area contributed by atoms with Gasteiger partial charge >= 0.3 is 0 Å². The number of hydrogen-bond acceptors (Lipinski definition) is 2. The molecule has 21 heavy (non-hydrogen) atoms. The summed E-state index contributed by atoms with van der Waals surface area (Å²) in [4.78, 5) is 2.50. The van der Waals surface area contributed by atoms with E-state index in [1.165, 1.54) is 28.1 Å². The molecule has 0 saturated heterocycles. The number of rotatable bonds is 4. The molecule has 2 nitrogen and oxygen atoms in total. The molecular weight excluding hydrogens is 256 g/mol. The maximum atomic E-state index is 3.47. The maximum absolute atomic E-state index is 3.47. The summed E-state index contributed by atoms with van der Waals surface area (Å²) in [6.45, 7) is 8.57. The molecule has 0 spiro atoms. The Kier molecular flexibility index (Phi) is 3.98. The molecule has 0 fully saturated rings. The standard InChI is InChI=1S/C19H24N2/c1-4-20-13-17-11-14(2)9-10-19(17)21-15(3)12-16-7-5-6-8-18(16)21/h5-11,15,20H,4,12-13H2,1-3H3. The molecule has 1 heterocycles. The van der Waals surface area contributed by atoms with Gasteiger partial charge in [-0.1, -0.05) is 42.8 Å². The second-order valence-corrected chi connectivity index (χ2v) is 5.96. The molecule has 1 aliphatic rings. The van der Waals surface area contributed by atoms with Crippen molar-refractivity contribution in [2.24, 2.45) is 0 Å². The van der Waals surface area contributed by atoms with Crippen LogP contribution in [0.4, 0.5) is 11.4 Å². The Morgan fingerprint density at radius 3 is 2.76 bits per heavy atom. The van der Waals surface area contributed by atoms with E-state index in [9.17, 15) is 0 Å². The van der Waals surface area contributed by atoms with Crippen LogP contribution in [0.1, 0.15) is 30.5 Å². The molecule has 0 bridgehead atoms. The molecular formula is C19H24N2.